The molecule has 0 fully saturated rings. The van der Waals surface area contributed by atoms with Crippen LogP contribution in [0.4, 0.5) is 11.4 Å². The summed E-state index contributed by atoms with van der Waals surface area (Å²) in [6, 6.07) is 18.0. The molecule has 0 radical (unpaired) electrons. The smallest absolute Gasteiger partial charge is 0.270 e. The highest BCUT2D eigenvalue weighted by Gasteiger charge is 2.21. The van der Waals surface area contributed by atoms with Crippen LogP contribution in [0.15, 0.2) is 70.3 Å². The molecule has 0 aliphatic carbocycles. The summed E-state index contributed by atoms with van der Waals surface area (Å²) in [7, 11) is 0. The van der Waals surface area contributed by atoms with E-state index in [1.807, 2.05) is 35.3 Å². The van der Waals surface area contributed by atoms with Gasteiger partial charge in [0.25, 0.3) is 5.69 Å². The van der Waals surface area contributed by atoms with Gasteiger partial charge in [0.1, 0.15) is 11.4 Å². The molecule has 1 aliphatic heterocycles. The summed E-state index contributed by atoms with van der Waals surface area (Å²) in [4.78, 5) is 10.5. The molecule has 2 aromatic carbocycles. The lowest BCUT2D eigenvalue weighted by Crippen LogP contribution is -2.11. The first-order valence-corrected chi connectivity index (χ1v) is 7.83. The largest absolute Gasteiger partial charge is 0.354 e. The van der Waals surface area contributed by atoms with Crippen molar-refractivity contribution in [2.45, 2.75) is 6.42 Å². The van der Waals surface area contributed by atoms with Gasteiger partial charge >= 0.3 is 0 Å². The topological polar surface area (TPSA) is 84.8 Å². The summed E-state index contributed by atoms with van der Waals surface area (Å²) in [5.41, 5.74) is 3.06. The zero-order chi connectivity index (χ0) is 17.2. The molecule has 0 unspecified atom stereocenters. The highest BCUT2D eigenvalue weighted by Crippen LogP contribution is 2.26. The highest BCUT2D eigenvalue weighted by atomic mass is 16.6. The molecule has 0 saturated carbocycles. The van der Waals surface area contributed by atoms with E-state index in [2.05, 4.69) is 10.3 Å². The molecule has 0 saturated heterocycles. The number of hydrogen-bond acceptors (Lipinski definition) is 6. The van der Waals surface area contributed by atoms with E-state index >= 15 is 0 Å². The van der Waals surface area contributed by atoms with Gasteiger partial charge in [-0.15, -0.1) is 0 Å². The molecule has 0 atom stereocenters. The van der Waals surface area contributed by atoms with Crippen LogP contribution in [0.25, 0.3) is 11.3 Å². The highest BCUT2D eigenvalue weighted by molar-refractivity contribution is 6.01. The predicted molar refractivity (Wildman–Crippen MR) is 93.5 cm³/mol. The normalized spacial score (nSPS) is 13.8. The molecular weight excluding hydrogens is 320 g/mol. The van der Waals surface area contributed by atoms with Crippen LogP contribution < -0.4 is 5.01 Å². The number of hydrogen-bond donors (Lipinski definition) is 0. The third-order valence-electron chi connectivity index (χ3n) is 4.00. The Kier molecular flexibility index (Phi) is 3.74. The average Bonchev–Trinajstić information content (AvgIpc) is 3.32. The first-order chi connectivity index (χ1) is 12.2. The first kappa shape index (κ1) is 15.1. The molecule has 0 amide bonds. The van der Waals surface area contributed by atoms with E-state index in [1.54, 1.807) is 18.2 Å². The van der Waals surface area contributed by atoms with Gasteiger partial charge in [0.2, 0.25) is 0 Å². The maximum Gasteiger partial charge on any atom is 0.270 e. The van der Waals surface area contributed by atoms with Crippen LogP contribution in [-0.2, 0) is 0 Å². The van der Waals surface area contributed by atoms with Gasteiger partial charge < -0.3 is 4.52 Å². The van der Waals surface area contributed by atoms with E-state index in [4.69, 9.17) is 4.52 Å². The van der Waals surface area contributed by atoms with Crippen molar-refractivity contribution in [1.82, 2.24) is 5.16 Å². The van der Waals surface area contributed by atoms with Gasteiger partial charge in [-0.2, -0.15) is 5.10 Å². The molecule has 7 heteroatoms. The first-order valence-electron chi connectivity index (χ1n) is 7.83. The SMILES string of the molecule is O=[N+]([O-])c1cccc(-c2cc(C3=NN(c4ccccc4)CC3)on2)c1. The Morgan fingerprint density at radius 1 is 1.08 bits per heavy atom. The van der Waals surface area contributed by atoms with Crippen molar-refractivity contribution in [2.75, 3.05) is 11.6 Å². The lowest BCUT2D eigenvalue weighted by atomic mass is 10.1. The number of nitro benzene ring substituents is 1. The zero-order valence-corrected chi connectivity index (χ0v) is 13.2. The van der Waals surface area contributed by atoms with Gasteiger partial charge in [0, 0.05) is 36.7 Å². The van der Waals surface area contributed by atoms with Crippen molar-refractivity contribution >= 4 is 17.1 Å². The minimum Gasteiger partial charge on any atom is -0.354 e. The molecule has 124 valence electrons. The van der Waals surface area contributed by atoms with Crippen molar-refractivity contribution < 1.29 is 9.45 Å². The van der Waals surface area contributed by atoms with E-state index in [1.165, 1.54) is 12.1 Å². The number of benzene rings is 2. The number of non-ortho nitro benzene ring substituents is 1. The Morgan fingerprint density at radius 2 is 1.92 bits per heavy atom. The van der Waals surface area contributed by atoms with Crippen molar-refractivity contribution in [2.24, 2.45) is 5.10 Å². The van der Waals surface area contributed by atoms with Crippen LogP contribution in [0.2, 0.25) is 0 Å². The van der Waals surface area contributed by atoms with Gasteiger partial charge in [0.15, 0.2) is 5.76 Å². The van der Waals surface area contributed by atoms with E-state index in [-0.39, 0.29) is 5.69 Å². The van der Waals surface area contributed by atoms with Crippen molar-refractivity contribution in [3.8, 4) is 11.3 Å². The Balaban J connectivity index is 1.60. The molecule has 0 spiro atoms. The monoisotopic (exact) mass is 334 g/mol. The molecule has 25 heavy (non-hydrogen) atoms. The van der Waals surface area contributed by atoms with Gasteiger partial charge in [-0.25, -0.2) is 0 Å². The van der Waals surface area contributed by atoms with Gasteiger partial charge in [-0.05, 0) is 12.1 Å². The lowest BCUT2D eigenvalue weighted by Gasteiger charge is -2.12. The maximum absolute atomic E-state index is 10.9. The number of anilines is 1. The van der Waals surface area contributed by atoms with Crippen LogP contribution in [-0.4, -0.2) is 22.3 Å². The maximum atomic E-state index is 10.9. The number of nitro groups is 1. The summed E-state index contributed by atoms with van der Waals surface area (Å²) >= 11 is 0. The molecule has 1 aliphatic rings. The van der Waals surface area contributed by atoms with Gasteiger partial charge in [-0.3, -0.25) is 15.1 Å². The van der Waals surface area contributed by atoms with E-state index in [9.17, 15) is 10.1 Å². The van der Waals surface area contributed by atoms with E-state index in [0.29, 0.717) is 17.0 Å². The summed E-state index contributed by atoms with van der Waals surface area (Å²) < 4.78 is 5.41. The lowest BCUT2D eigenvalue weighted by molar-refractivity contribution is -0.384. The standard InChI is InChI=1S/C18H14N4O3/c23-22(24)15-8-4-5-13(11-15)17-12-18(25-20-17)16-9-10-21(19-16)14-6-2-1-3-7-14/h1-8,11-12H,9-10H2. The second-order valence-corrected chi connectivity index (χ2v) is 5.64. The molecule has 3 aromatic rings. The van der Waals surface area contributed by atoms with Crippen molar-refractivity contribution in [3.63, 3.8) is 0 Å². The fraction of sp³-hybridized carbons (Fsp3) is 0.111. The minimum absolute atomic E-state index is 0.0236. The van der Waals surface area contributed by atoms with E-state index in [0.717, 1.165) is 24.4 Å². The number of nitrogens with zero attached hydrogens (tertiary/aromatic N) is 4. The Bertz CT molecular complexity index is 950. The van der Waals surface area contributed by atoms with Crippen LogP contribution in [0.5, 0.6) is 0 Å². The number of hydrazone groups is 1. The average molecular weight is 334 g/mol. The summed E-state index contributed by atoms with van der Waals surface area (Å²) in [6.45, 7) is 0.770. The van der Waals surface area contributed by atoms with Gasteiger partial charge in [-0.1, -0.05) is 35.5 Å². The molecule has 4 rings (SSSR count). The molecule has 2 heterocycles. The van der Waals surface area contributed by atoms with E-state index < -0.39 is 4.92 Å². The van der Waals surface area contributed by atoms with Gasteiger partial charge in [0.05, 0.1) is 10.6 Å². The van der Waals surface area contributed by atoms with Crippen molar-refractivity contribution in [1.29, 1.82) is 0 Å². The summed E-state index contributed by atoms with van der Waals surface area (Å²) in [6.07, 6.45) is 0.748. The zero-order valence-electron chi connectivity index (χ0n) is 13.2. The molecular formula is C18H14N4O3. The molecule has 1 aromatic heterocycles. The Labute approximate surface area is 143 Å². The third-order valence-corrected chi connectivity index (χ3v) is 4.00. The van der Waals surface area contributed by atoms with Crippen LogP contribution >= 0.6 is 0 Å². The Hall–Kier alpha value is -3.48. The second kappa shape index (κ2) is 6.20. The second-order valence-electron chi connectivity index (χ2n) is 5.64. The van der Waals surface area contributed by atoms with Crippen LogP contribution in [0.1, 0.15) is 12.2 Å². The van der Waals surface area contributed by atoms with Crippen LogP contribution in [0, 0.1) is 10.1 Å². The quantitative estimate of drug-likeness (QED) is 0.534. The molecule has 0 bridgehead atoms. The van der Waals surface area contributed by atoms with Crippen LogP contribution in [0.3, 0.4) is 0 Å². The van der Waals surface area contributed by atoms with Crippen molar-refractivity contribution in [3.05, 3.63) is 76.5 Å². The third kappa shape index (κ3) is 2.99. The number of aromatic nitrogens is 1. The number of rotatable bonds is 4. The molecule has 0 N–H and O–H groups in total. The number of para-hydroxylation sites is 1. The summed E-state index contributed by atoms with van der Waals surface area (Å²) in [5.74, 6) is 0.583. The molecule has 7 nitrogen and oxygen atoms in total. The fourth-order valence-electron chi connectivity index (χ4n) is 2.74. The summed E-state index contributed by atoms with van der Waals surface area (Å²) in [5, 5.41) is 21.4. The minimum atomic E-state index is -0.427. The Morgan fingerprint density at radius 3 is 2.72 bits per heavy atom. The predicted octanol–water partition coefficient (Wildman–Crippen LogP) is 3.86. The fourth-order valence-corrected chi connectivity index (χ4v) is 2.74.